The Balaban J connectivity index is 1.32. The Labute approximate surface area is 205 Å². The summed E-state index contributed by atoms with van der Waals surface area (Å²) in [5, 5.41) is 0. The predicted octanol–water partition coefficient (Wildman–Crippen LogP) is 3.52. The first kappa shape index (κ1) is 24.6. The lowest BCUT2D eigenvalue weighted by Gasteiger charge is -2.37. The maximum absolute atomic E-state index is 12.7. The quantitative estimate of drug-likeness (QED) is 0.457. The number of ether oxygens (including phenoxy) is 1. The number of amides is 1. The topological polar surface area (TPSA) is 92.1 Å². The average Bonchev–Trinajstić information content (AvgIpc) is 3.39. The summed E-state index contributed by atoms with van der Waals surface area (Å²) in [6, 6.07) is 17.6. The zero-order valence-electron chi connectivity index (χ0n) is 19.8. The minimum Gasteiger partial charge on any atom is -0.485 e. The van der Waals surface area contributed by atoms with Gasteiger partial charge in [0.2, 0.25) is 15.9 Å². The van der Waals surface area contributed by atoms with Crippen LogP contribution in [0, 0.1) is 0 Å². The van der Waals surface area contributed by atoms with Gasteiger partial charge < -0.3 is 19.0 Å². The number of benzene rings is 2. The highest BCUT2D eigenvalue weighted by molar-refractivity contribution is 7.89. The summed E-state index contributed by atoms with van der Waals surface area (Å²) in [4.78, 5) is 16.7. The molecule has 1 amide bonds. The number of anilines is 1. The SMILES string of the molecule is CCN1CC(CN(C)C(=O)C=Cc2ccc(S(=O)(=O)NCc3ccco3)cc2)Oc2ccccc21. The Morgan fingerprint density at radius 2 is 1.91 bits per heavy atom. The van der Waals surface area contributed by atoms with Crippen molar-refractivity contribution in [3.8, 4) is 5.75 Å². The third kappa shape index (κ3) is 6.12. The summed E-state index contributed by atoms with van der Waals surface area (Å²) in [5.41, 5.74) is 1.79. The molecular formula is C26H29N3O5S. The first-order chi connectivity index (χ1) is 16.9. The molecule has 3 aromatic rings. The van der Waals surface area contributed by atoms with Crippen molar-refractivity contribution in [3.63, 3.8) is 0 Å². The number of likely N-dealkylation sites (N-methyl/N-ethyl adjacent to an activating group) is 2. The van der Waals surface area contributed by atoms with Crippen LogP contribution in [-0.4, -0.2) is 52.0 Å². The zero-order valence-corrected chi connectivity index (χ0v) is 20.6. The van der Waals surface area contributed by atoms with Gasteiger partial charge in [0, 0.05) is 19.7 Å². The third-order valence-electron chi connectivity index (χ3n) is 5.78. The maximum atomic E-state index is 12.7. The van der Waals surface area contributed by atoms with Crippen molar-refractivity contribution in [2.24, 2.45) is 0 Å². The highest BCUT2D eigenvalue weighted by atomic mass is 32.2. The minimum atomic E-state index is -3.67. The van der Waals surface area contributed by atoms with E-state index in [0.29, 0.717) is 18.8 Å². The van der Waals surface area contributed by atoms with Crippen molar-refractivity contribution >= 4 is 27.7 Å². The summed E-state index contributed by atoms with van der Waals surface area (Å²) in [6.45, 7) is 4.19. The maximum Gasteiger partial charge on any atom is 0.246 e. The van der Waals surface area contributed by atoms with E-state index in [-0.39, 0.29) is 23.5 Å². The summed E-state index contributed by atoms with van der Waals surface area (Å²) < 4.78 is 38.7. The van der Waals surface area contributed by atoms with Crippen LogP contribution in [0.1, 0.15) is 18.2 Å². The van der Waals surface area contributed by atoms with E-state index in [4.69, 9.17) is 9.15 Å². The minimum absolute atomic E-state index is 0.0735. The summed E-state index contributed by atoms with van der Waals surface area (Å²) in [6.07, 6.45) is 4.50. The lowest BCUT2D eigenvalue weighted by atomic mass is 10.1. The highest BCUT2D eigenvalue weighted by Gasteiger charge is 2.26. The highest BCUT2D eigenvalue weighted by Crippen LogP contribution is 2.32. The van der Waals surface area contributed by atoms with Crippen LogP contribution in [-0.2, 0) is 21.4 Å². The van der Waals surface area contributed by atoms with E-state index < -0.39 is 10.0 Å². The molecule has 9 heteroatoms. The summed E-state index contributed by atoms with van der Waals surface area (Å²) in [7, 11) is -1.93. The molecule has 0 spiro atoms. The molecule has 35 heavy (non-hydrogen) atoms. The van der Waals surface area contributed by atoms with Gasteiger partial charge in [-0.25, -0.2) is 13.1 Å². The fourth-order valence-electron chi connectivity index (χ4n) is 3.88. The van der Waals surface area contributed by atoms with Crippen LogP contribution in [0.4, 0.5) is 5.69 Å². The monoisotopic (exact) mass is 495 g/mol. The van der Waals surface area contributed by atoms with E-state index in [0.717, 1.165) is 23.5 Å². The molecule has 4 rings (SSSR count). The Kier molecular flexibility index (Phi) is 7.57. The molecule has 1 atom stereocenters. The van der Waals surface area contributed by atoms with Crippen LogP contribution >= 0.6 is 0 Å². The second-order valence-corrected chi connectivity index (χ2v) is 10.0. The van der Waals surface area contributed by atoms with Gasteiger partial charge in [0.15, 0.2) is 0 Å². The van der Waals surface area contributed by atoms with Crippen LogP contribution in [0.5, 0.6) is 5.75 Å². The predicted molar refractivity (Wildman–Crippen MR) is 135 cm³/mol. The smallest absolute Gasteiger partial charge is 0.246 e. The Morgan fingerprint density at radius 3 is 2.63 bits per heavy atom. The van der Waals surface area contributed by atoms with E-state index in [1.165, 1.54) is 24.5 Å². The molecule has 0 bridgehead atoms. The second-order valence-electron chi connectivity index (χ2n) is 8.27. The number of sulfonamides is 1. The van der Waals surface area contributed by atoms with Crippen LogP contribution < -0.4 is 14.4 Å². The molecule has 2 heterocycles. The van der Waals surface area contributed by atoms with E-state index in [1.54, 1.807) is 42.3 Å². The largest absolute Gasteiger partial charge is 0.485 e. The number of carbonyl (C=O) groups excluding carboxylic acids is 1. The Morgan fingerprint density at radius 1 is 1.14 bits per heavy atom. The molecule has 0 radical (unpaired) electrons. The fraction of sp³-hybridized carbons (Fsp3) is 0.269. The van der Waals surface area contributed by atoms with Crippen molar-refractivity contribution in [1.29, 1.82) is 0 Å². The molecule has 0 saturated heterocycles. The first-order valence-corrected chi connectivity index (χ1v) is 12.9. The van der Waals surface area contributed by atoms with Gasteiger partial charge in [-0.05, 0) is 55.0 Å². The molecule has 184 valence electrons. The number of fused-ring (bicyclic) bond motifs is 1. The first-order valence-electron chi connectivity index (χ1n) is 11.4. The van der Waals surface area contributed by atoms with E-state index in [1.807, 2.05) is 24.3 Å². The normalized spacial score (nSPS) is 15.6. The molecule has 1 unspecified atom stereocenters. The fourth-order valence-corrected chi connectivity index (χ4v) is 4.88. The molecule has 0 fully saturated rings. The Hall–Kier alpha value is -3.56. The molecule has 1 aliphatic heterocycles. The number of carbonyl (C=O) groups is 1. The second kappa shape index (κ2) is 10.8. The standard InChI is InChI=1S/C26H29N3O5S/c1-3-29-19-22(34-25-9-5-4-8-24(25)29)18-28(2)26(30)15-12-20-10-13-23(14-11-20)35(31,32)27-17-21-7-6-16-33-21/h4-16,22,27H,3,17-19H2,1-2H3. The molecule has 8 nitrogen and oxygen atoms in total. The van der Waals surface area contributed by atoms with Crippen molar-refractivity contribution in [1.82, 2.24) is 9.62 Å². The van der Waals surface area contributed by atoms with Gasteiger partial charge in [-0.15, -0.1) is 0 Å². The lowest BCUT2D eigenvalue weighted by Crippen LogP contribution is -2.46. The van der Waals surface area contributed by atoms with Crippen molar-refractivity contribution < 1.29 is 22.4 Å². The zero-order chi connectivity index (χ0) is 24.8. The number of nitrogens with zero attached hydrogens (tertiary/aromatic N) is 2. The van der Waals surface area contributed by atoms with Gasteiger partial charge in [0.25, 0.3) is 0 Å². The number of para-hydroxylation sites is 2. The number of nitrogens with one attached hydrogen (secondary N) is 1. The summed E-state index contributed by atoms with van der Waals surface area (Å²) in [5.74, 6) is 1.20. The molecule has 0 aliphatic carbocycles. The molecule has 1 aromatic heterocycles. The van der Waals surface area contributed by atoms with E-state index in [9.17, 15) is 13.2 Å². The van der Waals surface area contributed by atoms with Gasteiger partial charge in [-0.3, -0.25) is 4.79 Å². The number of hydrogen-bond donors (Lipinski definition) is 1. The average molecular weight is 496 g/mol. The van der Waals surface area contributed by atoms with Gasteiger partial charge in [0.05, 0.1) is 36.5 Å². The summed E-state index contributed by atoms with van der Waals surface area (Å²) >= 11 is 0. The van der Waals surface area contributed by atoms with E-state index >= 15 is 0 Å². The number of furan rings is 1. The van der Waals surface area contributed by atoms with Gasteiger partial charge in [-0.1, -0.05) is 24.3 Å². The molecule has 1 N–H and O–H groups in total. The van der Waals surface area contributed by atoms with Crippen molar-refractivity contribution in [2.75, 3.05) is 31.6 Å². The van der Waals surface area contributed by atoms with Crippen LogP contribution in [0.2, 0.25) is 0 Å². The van der Waals surface area contributed by atoms with Gasteiger partial charge in [-0.2, -0.15) is 0 Å². The van der Waals surface area contributed by atoms with Gasteiger partial charge >= 0.3 is 0 Å². The third-order valence-corrected chi connectivity index (χ3v) is 7.20. The lowest BCUT2D eigenvalue weighted by molar-refractivity contribution is -0.125. The molecule has 1 aliphatic rings. The molecular weight excluding hydrogens is 466 g/mol. The van der Waals surface area contributed by atoms with Gasteiger partial charge in [0.1, 0.15) is 17.6 Å². The van der Waals surface area contributed by atoms with Crippen LogP contribution in [0.3, 0.4) is 0 Å². The Bertz CT molecular complexity index is 1270. The van der Waals surface area contributed by atoms with Crippen molar-refractivity contribution in [3.05, 3.63) is 84.3 Å². The number of rotatable bonds is 9. The molecule has 0 saturated carbocycles. The number of hydrogen-bond acceptors (Lipinski definition) is 6. The van der Waals surface area contributed by atoms with Crippen LogP contribution in [0.15, 0.2) is 82.3 Å². The van der Waals surface area contributed by atoms with Crippen molar-refractivity contribution in [2.45, 2.75) is 24.5 Å². The van der Waals surface area contributed by atoms with Crippen LogP contribution in [0.25, 0.3) is 6.08 Å². The van der Waals surface area contributed by atoms with E-state index in [2.05, 4.69) is 16.5 Å². The molecule has 2 aromatic carbocycles.